The number of carbonyl (C=O) groups is 1. The Hall–Kier alpha value is -2.23. The third-order valence-corrected chi connectivity index (χ3v) is 10.4. The topological polar surface area (TPSA) is 102 Å². The van der Waals surface area contributed by atoms with Gasteiger partial charge in [-0.1, -0.05) is 38.4 Å². The number of halogens is 1. The molecule has 0 fully saturated rings. The number of aromatic nitrogens is 3. The Labute approximate surface area is 182 Å². The maximum absolute atomic E-state index is 11.1. The smallest absolute Gasteiger partial charge is 0.331 e. The van der Waals surface area contributed by atoms with Crippen LogP contribution in [-0.2, 0) is 15.8 Å². The van der Waals surface area contributed by atoms with Gasteiger partial charge in [-0.15, -0.1) is 10.2 Å². The van der Waals surface area contributed by atoms with Gasteiger partial charge in [0.05, 0.1) is 10.6 Å². The first kappa shape index (κ1) is 22.5. The highest BCUT2D eigenvalue weighted by molar-refractivity contribution is 6.74. The Balaban J connectivity index is 1.70. The van der Waals surface area contributed by atoms with Crippen LogP contribution in [0.15, 0.2) is 28.3 Å². The lowest BCUT2D eigenvalue weighted by atomic mass is 10.1. The van der Waals surface area contributed by atoms with Gasteiger partial charge in [0.2, 0.25) is 11.8 Å². The normalized spacial score (nSPS) is 15.3. The molecular weight excluding hydrogens is 424 g/mol. The molecule has 0 atom stereocenters. The zero-order valence-electron chi connectivity index (χ0n) is 17.9. The first-order chi connectivity index (χ1) is 14.0. The third kappa shape index (κ3) is 4.90. The number of rotatable bonds is 6. The van der Waals surface area contributed by atoms with Gasteiger partial charge in [0.15, 0.2) is 8.32 Å². The summed E-state index contributed by atoms with van der Waals surface area (Å²) in [6.07, 6.45) is 3.75. The maximum Gasteiger partial charge on any atom is 0.331 e. The minimum atomic E-state index is -1.91. The molecule has 1 aliphatic rings. The number of pyridine rings is 1. The van der Waals surface area contributed by atoms with Crippen molar-refractivity contribution in [3.8, 4) is 11.5 Å². The molecule has 0 bridgehead atoms. The molecule has 30 heavy (non-hydrogen) atoms. The summed E-state index contributed by atoms with van der Waals surface area (Å²) in [5, 5.41) is 17.8. The highest BCUT2D eigenvalue weighted by Gasteiger charge is 2.37. The quantitative estimate of drug-likeness (QED) is 0.640. The molecule has 2 aromatic rings. The number of nitrogens with zero attached hydrogens (tertiary/aromatic N) is 4. The van der Waals surface area contributed by atoms with E-state index in [4.69, 9.17) is 25.6 Å². The Bertz CT molecular complexity index is 968. The molecule has 0 saturated carbocycles. The molecule has 0 amide bonds. The summed E-state index contributed by atoms with van der Waals surface area (Å²) in [6.45, 7) is 12.1. The van der Waals surface area contributed by atoms with E-state index in [1.54, 1.807) is 18.3 Å². The molecule has 0 saturated heterocycles. The molecule has 0 aromatic carbocycles. The molecule has 3 rings (SSSR count). The van der Waals surface area contributed by atoms with Crippen molar-refractivity contribution in [3.05, 3.63) is 34.8 Å². The van der Waals surface area contributed by atoms with Crippen LogP contribution in [-0.4, -0.2) is 47.7 Å². The summed E-state index contributed by atoms with van der Waals surface area (Å²) < 4.78 is 11.9. The number of aliphatic carboxylic acids is 1. The van der Waals surface area contributed by atoms with Crippen LogP contribution >= 0.6 is 11.6 Å². The molecule has 0 unspecified atom stereocenters. The van der Waals surface area contributed by atoms with E-state index in [-0.39, 0.29) is 11.6 Å². The molecule has 2 aromatic heterocycles. The number of carboxylic acids is 1. The molecular formula is C20H27ClN4O4Si. The van der Waals surface area contributed by atoms with Crippen LogP contribution in [0.4, 0.5) is 5.82 Å². The van der Waals surface area contributed by atoms with E-state index in [1.807, 2.05) is 4.90 Å². The molecule has 8 nitrogen and oxygen atoms in total. The average Bonchev–Trinajstić information content (AvgIpc) is 3.15. The zero-order valence-corrected chi connectivity index (χ0v) is 19.7. The monoisotopic (exact) mass is 450 g/mol. The van der Waals surface area contributed by atoms with E-state index < -0.39 is 14.3 Å². The molecule has 0 spiro atoms. The van der Waals surface area contributed by atoms with Gasteiger partial charge in [0, 0.05) is 24.9 Å². The molecule has 0 aliphatic carbocycles. The fraction of sp³-hybridized carbons (Fsp3) is 0.500. The van der Waals surface area contributed by atoms with Gasteiger partial charge in [0.1, 0.15) is 12.4 Å². The second-order valence-corrected chi connectivity index (χ2v) is 14.0. The molecule has 1 N–H and O–H groups in total. The van der Waals surface area contributed by atoms with E-state index in [1.165, 1.54) is 0 Å². The van der Waals surface area contributed by atoms with Crippen molar-refractivity contribution < 1.29 is 18.7 Å². The first-order valence-corrected chi connectivity index (χ1v) is 13.1. The number of hydrogen-bond acceptors (Lipinski definition) is 7. The fourth-order valence-electron chi connectivity index (χ4n) is 2.72. The molecule has 10 heteroatoms. The van der Waals surface area contributed by atoms with Crippen LogP contribution in [0, 0.1) is 0 Å². The van der Waals surface area contributed by atoms with Crippen molar-refractivity contribution in [3.63, 3.8) is 0 Å². The number of hydrogen-bond donors (Lipinski definition) is 1. The Morgan fingerprint density at radius 3 is 2.67 bits per heavy atom. The number of carboxylic acid groups (broad SMARTS) is 1. The molecule has 1 aliphatic heterocycles. The van der Waals surface area contributed by atoms with Crippen LogP contribution in [0.1, 0.15) is 33.1 Å². The second-order valence-electron chi connectivity index (χ2n) is 8.81. The first-order valence-electron chi connectivity index (χ1n) is 9.77. The average molecular weight is 451 g/mol. The van der Waals surface area contributed by atoms with Gasteiger partial charge in [-0.3, -0.25) is 0 Å². The van der Waals surface area contributed by atoms with Crippen molar-refractivity contribution in [1.29, 1.82) is 0 Å². The minimum Gasteiger partial charge on any atom is -0.478 e. The van der Waals surface area contributed by atoms with E-state index in [0.29, 0.717) is 53.3 Å². The van der Waals surface area contributed by atoms with Crippen LogP contribution < -0.4 is 4.90 Å². The van der Waals surface area contributed by atoms with Gasteiger partial charge in [-0.25, -0.2) is 9.78 Å². The molecule has 3 heterocycles. The highest BCUT2D eigenvalue weighted by atomic mass is 35.5. The van der Waals surface area contributed by atoms with Gasteiger partial charge in [-0.2, -0.15) is 0 Å². The van der Waals surface area contributed by atoms with Gasteiger partial charge >= 0.3 is 5.97 Å². The highest BCUT2D eigenvalue weighted by Crippen LogP contribution is 2.37. The van der Waals surface area contributed by atoms with Crippen molar-refractivity contribution >= 4 is 31.7 Å². The summed E-state index contributed by atoms with van der Waals surface area (Å²) in [7, 11) is -1.91. The number of anilines is 1. The van der Waals surface area contributed by atoms with E-state index in [2.05, 4.69) is 49.0 Å². The molecule has 162 valence electrons. The summed E-state index contributed by atoms with van der Waals surface area (Å²) in [5.74, 6) is 0.463. The van der Waals surface area contributed by atoms with Gasteiger partial charge in [-0.05, 0) is 30.6 Å². The predicted octanol–water partition coefficient (Wildman–Crippen LogP) is 4.53. The van der Waals surface area contributed by atoms with E-state index >= 15 is 0 Å². The maximum atomic E-state index is 11.1. The molecule has 0 radical (unpaired) electrons. The second kappa shape index (κ2) is 8.48. The van der Waals surface area contributed by atoms with Crippen molar-refractivity contribution in [1.82, 2.24) is 15.2 Å². The Morgan fingerprint density at radius 1 is 1.37 bits per heavy atom. The SMILES string of the molecule is CC(C)(C)[Si](C)(C)OCc1nnc(-c2cnc(N3CC=C(C(=O)O)CC3)c(Cl)c2)o1. The summed E-state index contributed by atoms with van der Waals surface area (Å²) in [6, 6.07) is 1.73. The lowest BCUT2D eigenvalue weighted by Gasteiger charge is -2.35. The minimum absolute atomic E-state index is 0.0952. The van der Waals surface area contributed by atoms with Crippen LogP contribution in [0.25, 0.3) is 11.5 Å². The third-order valence-electron chi connectivity index (χ3n) is 5.68. The largest absolute Gasteiger partial charge is 0.478 e. The van der Waals surface area contributed by atoms with Crippen molar-refractivity contribution in [2.24, 2.45) is 0 Å². The van der Waals surface area contributed by atoms with Gasteiger partial charge < -0.3 is 18.8 Å². The lowest BCUT2D eigenvalue weighted by Crippen LogP contribution is -2.40. The van der Waals surface area contributed by atoms with Crippen LogP contribution in [0.2, 0.25) is 23.2 Å². The van der Waals surface area contributed by atoms with E-state index in [0.717, 1.165) is 0 Å². The van der Waals surface area contributed by atoms with Gasteiger partial charge in [0.25, 0.3) is 0 Å². The lowest BCUT2D eigenvalue weighted by molar-refractivity contribution is -0.132. The Morgan fingerprint density at radius 2 is 2.10 bits per heavy atom. The standard InChI is InChI=1S/C20H27ClN4O4Si/c1-20(2,3)30(4,5)28-12-16-23-24-18(29-16)14-10-15(21)17(22-11-14)25-8-6-13(7-9-25)19(26)27/h6,10-11H,7-9,12H2,1-5H3,(H,26,27). The Kier molecular flexibility index (Phi) is 6.35. The summed E-state index contributed by atoms with van der Waals surface area (Å²) in [4.78, 5) is 17.4. The van der Waals surface area contributed by atoms with Crippen LogP contribution in [0.5, 0.6) is 0 Å². The summed E-state index contributed by atoms with van der Waals surface area (Å²) in [5.41, 5.74) is 1.03. The predicted molar refractivity (Wildman–Crippen MR) is 117 cm³/mol. The van der Waals surface area contributed by atoms with E-state index in [9.17, 15) is 4.79 Å². The fourth-order valence-corrected chi connectivity index (χ4v) is 3.93. The van der Waals surface area contributed by atoms with Crippen LogP contribution in [0.3, 0.4) is 0 Å². The van der Waals surface area contributed by atoms with Crippen molar-refractivity contribution in [2.45, 2.75) is 51.9 Å². The summed E-state index contributed by atoms with van der Waals surface area (Å²) >= 11 is 6.44. The van der Waals surface area contributed by atoms with Crippen molar-refractivity contribution in [2.75, 3.05) is 18.0 Å². The zero-order chi connectivity index (χ0) is 22.1.